The van der Waals surface area contributed by atoms with E-state index in [1.54, 1.807) is 37.3 Å². The van der Waals surface area contributed by atoms with Crippen molar-refractivity contribution in [2.24, 2.45) is 0 Å². The summed E-state index contributed by atoms with van der Waals surface area (Å²) >= 11 is 0. The number of nitriles is 1. The van der Waals surface area contributed by atoms with Gasteiger partial charge in [0.05, 0.1) is 50.0 Å². The molecule has 7 rings (SSSR count). The zero-order chi connectivity index (χ0) is 32.1. The summed E-state index contributed by atoms with van der Waals surface area (Å²) in [4.78, 5) is 32.2. The second-order valence-electron chi connectivity index (χ2n) is 12.0. The number of carbonyl (C=O) groups excluding carboxylic acids is 2. The summed E-state index contributed by atoms with van der Waals surface area (Å²) in [6.45, 7) is 3.26. The van der Waals surface area contributed by atoms with Gasteiger partial charge in [0.15, 0.2) is 23.0 Å². The Labute approximate surface area is 259 Å². The number of hydrogen-bond donors (Lipinski definition) is 3. The van der Waals surface area contributed by atoms with Gasteiger partial charge >= 0.3 is 0 Å². The molecule has 4 heterocycles. The molecule has 4 aliphatic rings. The highest BCUT2D eigenvalue weighted by Crippen LogP contribution is 2.58. The van der Waals surface area contributed by atoms with Gasteiger partial charge in [-0.1, -0.05) is 18.2 Å². The molecule has 3 aromatic carbocycles. The summed E-state index contributed by atoms with van der Waals surface area (Å²) in [7, 11) is 4.76. The molecule has 11 nitrogen and oxygen atoms in total. The second-order valence-corrected chi connectivity index (χ2v) is 12.0. The summed E-state index contributed by atoms with van der Waals surface area (Å²) in [5.74, 6) is -0.972. The zero-order valence-electron chi connectivity index (χ0n) is 25.5. The number of carbonyl (C=O) groups is 2. The highest BCUT2D eigenvalue weighted by molar-refractivity contribution is 6.21. The molecule has 0 unspecified atom stereocenters. The van der Waals surface area contributed by atoms with E-state index in [1.165, 1.54) is 14.2 Å². The quantitative estimate of drug-likeness (QED) is 0.294. The van der Waals surface area contributed by atoms with Gasteiger partial charge in [-0.05, 0) is 56.7 Å². The first-order valence-electron chi connectivity index (χ1n) is 14.6. The lowest BCUT2D eigenvalue weighted by atomic mass is 9.75. The molecule has 2 bridgehead atoms. The zero-order valence-corrected chi connectivity index (χ0v) is 25.5. The Morgan fingerprint density at radius 2 is 1.58 bits per heavy atom. The number of imide groups is 1. The summed E-state index contributed by atoms with van der Waals surface area (Å²) in [5, 5.41) is 45.5. The van der Waals surface area contributed by atoms with Gasteiger partial charge in [-0.25, -0.2) is 0 Å². The van der Waals surface area contributed by atoms with Crippen molar-refractivity contribution in [3.8, 4) is 34.8 Å². The highest BCUT2D eigenvalue weighted by atomic mass is 16.5. The van der Waals surface area contributed by atoms with E-state index in [-0.39, 0.29) is 57.8 Å². The number of aromatic hydroxyl groups is 3. The average molecular weight is 609 g/mol. The fraction of sp³-hybridized carbons (Fsp3) is 0.324. The predicted molar refractivity (Wildman–Crippen MR) is 162 cm³/mol. The van der Waals surface area contributed by atoms with Crippen molar-refractivity contribution in [3.63, 3.8) is 0 Å². The second kappa shape index (κ2) is 9.90. The van der Waals surface area contributed by atoms with E-state index in [0.717, 1.165) is 16.0 Å². The van der Waals surface area contributed by atoms with Gasteiger partial charge in [-0.3, -0.25) is 19.4 Å². The van der Waals surface area contributed by atoms with Gasteiger partial charge in [-0.2, -0.15) is 5.26 Å². The van der Waals surface area contributed by atoms with Gasteiger partial charge < -0.3 is 29.7 Å². The summed E-state index contributed by atoms with van der Waals surface area (Å²) in [6, 6.07) is 8.33. The fourth-order valence-corrected chi connectivity index (χ4v) is 7.86. The first-order valence-corrected chi connectivity index (χ1v) is 14.6. The topological polar surface area (TPSA) is 147 Å². The minimum Gasteiger partial charge on any atom is -0.507 e. The van der Waals surface area contributed by atoms with Gasteiger partial charge in [-0.15, -0.1) is 0 Å². The lowest BCUT2D eigenvalue weighted by Gasteiger charge is -2.57. The first-order chi connectivity index (χ1) is 21.5. The van der Waals surface area contributed by atoms with E-state index >= 15 is 0 Å². The monoisotopic (exact) mass is 608 g/mol. The van der Waals surface area contributed by atoms with Crippen molar-refractivity contribution >= 4 is 17.9 Å². The molecule has 3 aromatic rings. The van der Waals surface area contributed by atoms with Crippen LogP contribution in [0.3, 0.4) is 0 Å². The smallest absolute Gasteiger partial charge is 0.261 e. The lowest BCUT2D eigenvalue weighted by Crippen LogP contribution is -2.62. The molecule has 1 saturated heterocycles. The van der Waals surface area contributed by atoms with E-state index in [0.29, 0.717) is 29.0 Å². The van der Waals surface area contributed by atoms with Gasteiger partial charge in [0, 0.05) is 34.0 Å². The van der Waals surface area contributed by atoms with Crippen molar-refractivity contribution in [2.45, 2.75) is 44.4 Å². The summed E-state index contributed by atoms with van der Waals surface area (Å²) < 4.78 is 11.1. The maximum Gasteiger partial charge on any atom is 0.261 e. The number of ether oxygens (including phenoxy) is 2. The van der Waals surface area contributed by atoms with E-state index < -0.39 is 29.9 Å². The Morgan fingerprint density at radius 3 is 2.18 bits per heavy atom. The van der Waals surface area contributed by atoms with Crippen molar-refractivity contribution in [1.29, 1.82) is 5.26 Å². The molecule has 230 valence electrons. The van der Waals surface area contributed by atoms with Crippen LogP contribution in [0.5, 0.6) is 28.7 Å². The van der Waals surface area contributed by atoms with Crippen molar-refractivity contribution in [2.75, 3.05) is 27.8 Å². The molecule has 0 aliphatic carbocycles. The number of likely N-dealkylation sites (N-methyl/N-ethyl adjacent to an activating group) is 1. The van der Waals surface area contributed by atoms with Crippen LogP contribution >= 0.6 is 0 Å². The fourth-order valence-electron chi connectivity index (χ4n) is 7.86. The molecule has 0 saturated carbocycles. The van der Waals surface area contributed by atoms with Crippen LogP contribution in [0.15, 0.2) is 36.0 Å². The van der Waals surface area contributed by atoms with E-state index in [9.17, 15) is 30.2 Å². The van der Waals surface area contributed by atoms with E-state index in [2.05, 4.69) is 6.07 Å². The number of phenols is 3. The third kappa shape index (κ3) is 3.66. The van der Waals surface area contributed by atoms with Crippen LogP contribution in [0.4, 0.5) is 0 Å². The minimum atomic E-state index is -0.943. The predicted octanol–water partition coefficient (Wildman–Crippen LogP) is 3.93. The van der Waals surface area contributed by atoms with E-state index in [1.807, 2.05) is 29.8 Å². The lowest BCUT2D eigenvalue weighted by molar-refractivity contribution is 0.0111. The van der Waals surface area contributed by atoms with Crippen molar-refractivity contribution < 1.29 is 34.4 Å². The Kier molecular flexibility index (Phi) is 6.28. The van der Waals surface area contributed by atoms with Gasteiger partial charge in [0.25, 0.3) is 11.8 Å². The van der Waals surface area contributed by atoms with Gasteiger partial charge in [0.2, 0.25) is 0 Å². The molecule has 0 spiro atoms. The van der Waals surface area contributed by atoms with Gasteiger partial charge in [0.1, 0.15) is 11.8 Å². The summed E-state index contributed by atoms with van der Waals surface area (Å²) in [6.07, 6.45) is 2.15. The molecule has 0 aromatic heterocycles. The van der Waals surface area contributed by atoms with Crippen LogP contribution in [0.2, 0.25) is 0 Å². The molecular formula is C34H32N4O7. The number of fused-ring (bicyclic) bond motifs is 8. The molecule has 0 radical (unpaired) electrons. The largest absolute Gasteiger partial charge is 0.507 e. The number of hydrogen-bond acceptors (Lipinski definition) is 10. The highest BCUT2D eigenvalue weighted by Gasteiger charge is 2.54. The number of nitrogens with zero attached hydrogens (tertiary/aromatic N) is 4. The standard InChI is InChI=1S/C34H32N4O7/c1-15-10-17-11-21-23(13-35)38-22(27(36(21)3)25(17)29(40)31(15)44-4)12-20-26(30(41)32(45-5)16(2)28(20)39)24(38)14-37-33(42)18-8-6-7-9-19(18)34(37)43/h6-10,12,21,23-24,27,39-41H,11,14H2,1-5H3/t21-,23-,24-,27-/m0/s1. The molecule has 1 fully saturated rings. The SMILES string of the molecule is COc1c(C)cc2c(c1O)[C@@H]1C3=Cc4c(O)c(C)c(OC)c(O)c4[C@H](CN4C(=O)c5ccccc5C4=O)N3[C@@H](C#N)[C@H](C2)N1C. The Bertz CT molecular complexity index is 1880. The number of methoxy groups -OCH3 is 2. The number of rotatable bonds is 4. The molecule has 4 aliphatic heterocycles. The molecule has 3 N–H and O–H groups in total. The van der Waals surface area contributed by atoms with Crippen LogP contribution in [-0.2, 0) is 6.42 Å². The van der Waals surface area contributed by atoms with E-state index in [4.69, 9.17) is 9.47 Å². The van der Waals surface area contributed by atoms with Crippen LogP contribution in [0.25, 0.3) is 6.08 Å². The Balaban J connectivity index is 1.49. The molecular weight excluding hydrogens is 576 g/mol. The maximum atomic E-state index is 13.6. The third-order valence-electron chi connectivity index (χ3n) is 9.89. The van der Waals surface area contributed by atoms with Crippen LogP contribution in [-0.4, -0.2) is 81.7 Å². The van der Waals surface area contributed by atoms with Crippen LogP contribution in [0.1, 0.15) is 66.2 Å². The summed E-state index contributed by atoms with van der Waals surface area (Å²) in [5.41, 5.74) is 4.20. The van der Waals surface area contributed by atoms with Crippen LogP contribution in [0, 0.1) is 25.2 Å². The minimum absolute atomic E-state index is 0.0141. The van der Waals surface area contributed by atoms with Crippen LogP contribution < -0.4 is 9.47 Å². The molecule has 45 heavy (non-hydrogen) atoms. The maximum absolute atomic E-state index is 13.6. The normalized spacial score (nSPS) is 23.1. The molecule has 2 amide bonds. The molecule has 11 heteroatoms. The number of aryl methyl sites for hydroxylation is 1. The number of piperazine rings is 1. The first kappa shape index (κ1) is 28.6. The molecule has 4 atom stereocenters. The number of phenolic OH excluding ortho intramolecular Hbond substituents is 3. The number of amides is 2. The Morgan fingerprint density at radius 1 is 0.956 bits per heavy atom. The van der Waals surface area contributed by atoms with Crippen molar-refractivity contribution in [3.05, 3.63) is 80.5 Å². The third-order valence-corrected chi connectivity index (χ3v) is 9.89. The van der Waals surface area contributed by atoms with Crippen molar-refractivity contribution in [1.82, 2.24) is 14.7 Å². The number of benzene rings is 3. The average Bonchev–Trinajstić information content (AvgIpc) is 3.25. The Hall–Kier alpha value is -5.21.